The Hall–Kier alpha value is -2.52. The molecule has 1 aromatic rings. The third-order valence-corrected chi connectivity index (χ3v) is 5.60. The van der Waals surface area contributed by atoms with Crippen molar-refractivity contribution in [3.05, 3.63) is 41.1 Å². The van der Waals surface area contributed by atoms with Gasteiger partial charge in [0.05, 0.1) is 30.0 Å². The van der Waals surface area contributed by atoms with Crippen molar-refractivity contribution in [2.24, 2.45) is 4.99 Å². The number of morpholine rings is 1. The molecule has 0 aromatic heterocycles. The summed E-state index contributed by atoms with van der Waals surface area (Å²) in [5.74, 6) is -0.876. The largest absolute Gasteiger partial charge is 0.573 e. The molecular formula is C22H28F3N3O3. The van der Waals surface area contributed by atoms with E-state index in [9.17, 15) is 18.3 Å². The molecule has 0 bridgehead atoms. The number of likely N-dealkylation sites (tertiary alicyclic amines) is 1. The summed E-state index contributed by atoms with van der Waals surface area (Å²) in [5, 5.41) is 10.3. The molecule has 3 rings (SSSR count). The molecule has 31 heavy (non-hydrogen) atoms. The van der Waals surface area contributed by atoms with E-state index in [2.05, 4.69) is 33.3 Å². The van der Waals surface area contributed by atoms with Gasteiger partial charge in [0.1, 0.15) is 11.5 Å². The first-order valence-electron chi connectivity index (χ1n) is 10.1. The number of aromatic hydroxyl groups is 1. The van der Waals surface area contributed by atoms with Crippen molar-refractivity contribution in [1.29, 1.82) is 0 Å². The summed E-state index contributed by atoms with van der Waals surface area (Å²) in [6, 6.07) is 2.77. The highest BCUT2D eigenvalue weighted by atomic mass is 19.4. The number of hydrogen-bond donors (Lipinski definition) is 1. The van der Waals surface area contributed by atoms with E-state index in [-0.39, 0.29) is 29.2 Å². The summed E-state index contributed by atoms with van der Waals surface area (Å²) in [5.41, 5.74) is 1.29. The predicted molar refractivity (Wildman–Crippen MR) is 113 cm³/mol. The highest BCUT2D eigenvalue weighted by Gasteiger charge is 2.36. The number of nitrogens with zero attached hydrogens (tertiary/aromatic N) is 3. The summed E-state index contributed by atoms with van der Waals surface area (Å²) in [4.78, 5) is 8.37. The minimum Gasteiger partial charge on any atom is -0.507 e. The van der Waals surface area contributed by atoms with Crippen molar-refractivity contribution < 1.29 is 27.8 Å². The van der Waals surface area contributed by atoms with Gasteiger partial charge in [-0.1, -0.05) is 0 Å². The maximum atomic E-state index is 12.9. The first kappa shape index (κ1) is 23.1. The van der Waals surface area contributed by atoms with Gasteiger partial charge in [-0.25, -0.2) is 0 Å². The van der Waals surface area contributed by atoms with Gasteiger partial charge in [0.2, 0.25) is 0 Å². The lowest BCUT2D eigenvalue weighted by atomic mass is 9.98. The Labute approximate surface area is 180 Å². The number of phenolic OH excluding ortho intramolecular Hbond substituents is 1. The second-order valence-electron chi connectivity index (χ2n) is 7.94. The molecule has 1 N–H and O–H groups in total. The van der Waals surface area contributed by atoms with Gasteiger partial charge in [0, 0.05) is 25.3 Å². The number of aliphatic imine (C=N–C) groups is 1. The Balaban J connectivity index is 1.93. The van der Waals surface area contributed by atoms with Gasteiger partial charge in [-0.15, -0.1) is 13.2 Å². The van der Waals surface area contributed by atoms with Gasteiger partial charge >= 0.3 is 6.36 Å². The van der Waals surface area contributed by atoms with Crippen LogP contribution in [-0.2, 0) is 4.74 Å². The Kier molecular flexibility index (Phi) is 6.96. The number of piperidine rings is 1. The lowest BCUT2D eigenvalue weighted by Crippen LogP contribution is -2.58. The molecule has 2 fully saturated rings. The standard InChI is InChI=1S/C22H28F3N3O3/c1-14-11-18(29)21(20(12-14)31-22(23,24)25)16(26-3)6-5-15(2)28-9-10-30-19-7-8-27(4)13-17(19)28/h5-6,11-12,17,19,29H,3,7-10,13H2,1-2,4H3/b15-5+,16-6-. The molecule has 2 heterocycles. The van der Waals surface area contributed by atoms with Crippen molar-refractivity contribution in [2.45, 2.75) is 38.8 Å². The second kappa shape index (κ2) is 9.32. The first-order valence-corrected chi connectivity index (χ1v) is 10.1. The fraction of sp³-hybridized carbons (Fsp3) is 0.500. The molecule has 0 radical (unpaired) electrons. The molecule has 2 aliphatic heterocycles. The summed E-state index contributed by atoms with van der Waals surface area (Å²) in [7, 11) is 2.07. The number of phenols is 1. The van der Waals surface area contributed by atoms with Crippen molar-refractivity contribution in [2.75, 3.05) is 33.3 Å². The summed E-state index contributed by atoms with van der Waals surface area (Å²) >= 11 is 0. The fourth-order valence-corrected chi connectivity index (χ4v) is 4.18. The van der Waals surface area contributed by atoms with Crippen LogP contribution in [0, 0.1) is 6.92 Å². The molecule has 0 saturated carbocycles. The van der Waals surface area contributed by atoms with E-state index < -0.39 is 12.1 Å². The molecule has 0 spiro atoms. The molecule has 1 aromatic carbocycles. The number of hydrogen-bond acceptors (Lipinski definition) is 6. The highest BCUT2D eigenvalue weighted by Crippen LogP contribution is 2.39. The molecule has 2 saturated heterocycles. The molecule has 9 heteroatoms. The summed E-state index contributed by atoms with van der Waals surface area (Å²) in [6.45, 7) is 10.2. The zero-order valence-corrected chi connectivity index (χ0v) is 17.9. The lowest BCUT2D eigenvalue weighted by Gasteiger charge is -2.47. The molecule has 0 amide bonds. The van der Waals surface area contributed by atoms with E-state index in [0.717, 1.165) is 31.8 Å². The van der Waals surface area contributed by atoms with Crippen LogP contribution in [0.1, 0.15) is 24.5 Å². The van der Waals surface area contributed by atoms with Crippen LogP contribution in [0.15, 0.2) is 35.0 Å². The van der Waals surface area contributed by atoms with Gasteiger partial charge in [0.25, 0.3) is 0 Å². The second-order valence-corrected chi connectivity index (χ2v) is 7.94. The van der Waals surface area contributed by atoms with Crippen molar-refractivity contribution in [1.82, 2.24) is 9.80 Å². The van der Waals surface area contributed by atoms with Crippen LogP contribution in [0.25, 0.3) is 5.70 Å². The lowest BCUT2D eigenvalue weighted by molar-refractivity contribution is -0.274. The molecule has 2 aliphatic rings. The highest BCUT2D eigenvalue weighted by molar-refractivity contribution is 5.78. The van der Waals surface area contributed by atoms with Crippen molar-refractivity contribution >= 4 is 12.4 Å². The topological polar surface area (TPSA) is 57.5 Å². The number of fused-ring (bicyclic) bond motifs is 1. The number of allylic oxidation sites excluding steroid dienone is 3. The van der Waals surface area contributed by atoms with Crippen molar-refractivity contribution in [3.63, 3.8) is 0 Å². The fourth-order valence-electron chi connectivity index (χ4n) is 4.18. The maximum Gasteiger partial charge on any atom is 0.573 e. The molecule has 2 unspecified atom stereocenters. The van der Waals surface area contributed by atoms with E-state index in [4.69, 9.17) is 4.74 Å². The van der Waals surface area contributed by atoms with Gasteiger partial charge in [-0.05, 0) is 63.9 Å². The summed E-state index contributed by atoms with van der Waals surface area (Å²) in [6.07, 6.45) is -0.467. The molecule has 170 valence electrons. The van der Waals surface area contributed by atoms with Crippen LogP contribution in [-0.4, -0.2) is 73.4 Å². The van der Waals surface area contributed by atoms with E-state index in [1.54, 1.807) is 19.1 Å². The van der Waals surface area contributed by atoms with Gasteiger partial charge in [-0.2, -0.15) is 0 Å². The average molecular weight is 439 g/mol. The Morgan fingerprint density at radius 3 is 2.74 bits per heavy atom. The number of aryl methyl sites for hydroxylation is 1. The third kappa shape index (κ3) is 5.59. The number of likely N-dealkylation sites (N-methyl/N-ethyl adjacent to an activating group) is 1. The number of alkyl halides is 3. The van der Waals surface area contributed by atoms with Crippen LogP contribution >= 0.6 is 0 Å². The van der Waals surface area contributed by atoms with Crippen LogP contribution in [0.5, 0.6) is 11.5 Å². The SMILES string of the molecule is C=N/C(=C\C=C(/C)N1CCOC2CCN(C)CC21)c1c(O)cc(C)cc1OC(F)(F)F. The molecule has 2 atom stereocenters. The minimum atomic E-state index is -4.90. The van der Waals surface area contributed by atoms with Gasteiger partial charge in [-0.3, -0.25) is 4.99 Å². The number of rotatable bonds is 5. The predicted octanol–water partition coefficient (Wildman–Crippen LogP) is 3.95. The van der Waals surface area contributed by atoms with Gasteiger partial charge in [0.15, 0.2) is 0 Å². The quantitative estimate of drug-likeness (QED) is 0.556. The third-order valence-electron chi connectivity index (χ3n) is 5.60. The molecule has 6 nitrogen and oxygen atoms in total. The Morgan fingerprint density at radius 1 is 1.32 bits per heavy atom. The number of halogens is 3. The number of benzene rings is 1. The van der Waals surface area contributed by atoms with E-state index >= 15 is 0 Å². The van der Waals surface area contributed by atoms with E-state index in [0.29, 0.717) is 12.2 Å². The molecule has 0 aliphatic carbocycles. The zero-order valence-electron chi connectivity index (χ0n) is 17.9. The average Bonchev–Trinajstić information content (AvgIpc) is 2.67. The monoisotopic (exact) mass is 439 g/mol. The first-order chi connectivity index (χ1) is 14.6. The van der Waals surface area contributed by atoms with Crippen LogP contribution < -0.4 is 4.74 Å². The number of ether oxygens (including phenoxy) is 2. The minimum absolute atomic E-state index is 0.0849. The summed E-state index contributed by atoms with van der Waals surface area (Å²) < 4.78 is 48.7. The maximum absolute atomic E-state index is 12.9. The zero-order chi connectivity index (χ0) is 22.8. The van der Waals surface area contributed by atoms with Crippen LogP contribution in [0.3, 0.4) is 0 Å². The Bertz CT molecular complexity index is 883. The Morgan fingerprint density at radius 2 is 2.06 bits per heavy atom. The van der Waals surface area contributed by atoms with E-state index in [1.807, 2.05) is 6.92 Å². The smallest absolute Gasteiger partial charge is 0.507 e. The van der Waals surface area contributed by atoms with Crippen LogP contribution in [0.2, 0.25) is 0 Å². The normalized spacial score (nSPS) is 23.5. The van der Waals surface area contributed by atoms with E-state index in [1.165, 1.54) is 12.1 Å². The van der Waals surface area contributed by atoms with Crippen LogP contribution in [0.4, 0.5) is 13.2 Å². The van der Waals surface area contributed by atoms with Gasteiger partial charge < -0.3 is 24.4 Å². The molecular weight excluding hydrogens is 411 g/mol. The van der Waals surface area contributed by atoms with Crippen molar-refractivity contribution in [3.8, 4) is 11.5 Å².